The van der Waals surface area contributed by atoms with Crippen molar-refractivity contribution in [2.24, 2.45) is 0 Å². The van der Waals surface area contributed by atoms with Crippen LogP contribution in [-0.2, 0) is 9.36 Å². The number of hydrogen-bond donors (Lipinski definition) is 1. The maximum absolute atomic E-state index is 17.3. The van der Waals surface area contributed by atoms with Gasteiger partial charge in [-0.25, -0.2) is 18.2 Å². The van der Waals surface area contributed by atoms with Gasteiger partial charge in [-0.05, 0) is 69.1 Å². The number of benzene rings is 2. The molecule has 4 saturated heterocycles. The number of aromatic hydroxyl groups is 1. The standard InChI is InChI=1S/C37H35F6N6O4P/c1-4-24-26(39)9-6-19-12-23(50)13-25(27(19)24)30-29(40)31-28(33(44-30)54(2,3)52)32(47-16-21-7-8-22(17-47)49(21)34(51)37(41,42)43)46-35(45-31)53-18-36-10-5-11-48(36)15-20(38)14-36/h1,6,9,12-13,20-22,50H,5,7-8,10-11,14-18H2,2-3H3/t20-,21?,22?,36+/m0/s1. The quantitative estimate of drug-likeness (QED) is 0.149. The molecule has 8 rings (SSSR count). The van der Waals surface area contributed by atoms with Gasteiger partial charge in [0.05, 0.1) is 28.6 Å². The zero-order valence-electron chi connectivity index (χ0n) is 29.3. The molecular formula is C37H35F6N6O4P. The third-order valence-electron chi connectivity index (χ3n) is 11.2. The molecule has 2 unspecified atom stereocenters. The minimum atomic E-state index is -5.08. The number of nitrogens with zero attached hydrogens (tertiary/aromatic N) is 6. The largest absolute Gasteiger partial charge is 0.508 e. The van der Waals surface area contributed by atoms with E-state index in [1.807, 2.05) is 4.90 Å². The van der Waals surface area contributed by atoms with Gasteiger partial charge in [0, 0.05) is 37.0 Å². The average molecular weight is 773 g/mol. The van der Waals surface area contributed by atoms with Gasteiger partial charge in [-0.15, -0.1) is 6.42 Å². The van der Waals surface area contributed by atoms with Gasteiger partial charge < -0.3 is 24.2 Å². The lowest BCUT2D eigenvalue weighted by Crippen LogP contribution is -2.59. The number of amides is 1. The molecule has 4 atom stereocenters. The molecule has 6 heterocycles. The first-order valence-corrected chi connectivity index (χ1v) is 20.1. The number of aromatic nitrogens is 3. The van der Waals surface area contributed by atoms with Crippen molar-refractivity contribution in [3.63, 3.8) is 0 Å². The Morgan fingerprint density at radius 3 is 2.48 bits per heavy atom. The monoisotopic (exact) mass is 772 g/mol. The second kappa shape index (κ2) is 12.7. The van der Waals surface area contributed by atoms with E-state index in [9.17, 15) is 32.0 Å². The summed E-state index contributed by atoms with van der Waals surface area (Å²) in [5.41, 5.74) is -1.95. The average Bonchev–Trinajstić information content (AvgIpc) is 3.72. The van der Waals surface area contributed by atoms with Crippen LogP contribution < -0.4 is 15.1 Å². The Labute approximate surface area is 305 Å². The number of phenols is 1. The summed E-state index contributed by atoms with van der Waals surface area (Å²) in [6.45, 7) is 3.42. The molecule has 0 aliphatic carbocycles. The number of anilines is 1. The molecule has 54 heavy (non-hydrogen) atoms. The summed E-state index contributed by atoms with van der Waals surface area (Å²) >= 11 is 0. The number of terminal acetylenes is 1. The van der Waals surface area contributed by atoms with Crippen LogP contribution in [0.15, 0.2) is 24.3 Å². The zero-order chi connectivity index (χ0) is 38.5. The first-order chi connectivity index (χ1) is 25.5. The van der Waals surface area contributed by atoms with Crippen LogP contribution in [-0.4, -0.2) is 112 Å². The molecule has 0 saturated carbocycles. The summed E-state index contributed by atoms with van der Waals surface area (Å²) in [6, 6.07) is 2.93. The van der Waals surface area contributed by atoms with Crippen molar-refractivity contribution < 1.29 is 45.5 Å². The van der Waals surface area contributed by atoms with Gasteiger partial charge >= 0.3 is 18.1 Å². The van der Waals surface area contributed by atoms with Crippen LogP contribution >= 0.6 is 7.14 Å². The van der Waals surface area contributed by atoms with E-state index in [0.29, 0.717) is 13.0 Å². The SMILES string of the molecule is C#Cc1c(F)ccc2cc(O)cc(-c3nc(P(C)(C)=O)c4c(N5CC6CCC(C5)N6C(=O)C(F)(F)F)nc(OC[C@]56CCCN5C[C@@H](F)C6)nc4c3F)c12. The molecule has 4 fully saturated rings. The third-order valence-corrected chi connectivity index (χ3v) is 12.5. The number of carbonyl (C=O) groups is 1. The minimum Gasteiger partial charge on any atom is -0.508 e. The van der Waals surface area contributed by atoms with E-state index >= 15 is 8.78 Å². The summed E-state index contributed by atoms with van der Waals surface area (Å²) in [4.78, 5) is 30.6. The maximum Gasteiger partial charge on any atom is 0.471 e. The Morgan fingerprint density at radius 1 is 1.09 bits per heavy atom. The van der Waals surface area contributed by atoms with Crippen molar-refractivity contribution >= 4 is 46.0 Å². The molecule has 284 valence electrons. The zero-order valence-corrected chi connectivity index (χ0v) is 30.2. The van der Waals surface area contributed by atoms with Crippen molar-refractivity contribution in [1.82, 2.24) is 24.8 Å². The minimum absolute atomic E-state index is 0.00502. The molecule has 2 bridgehead atoms. The molecule has 2 aromatic heterocycles. The molecule has 0 radical (unpaired) electrons. The molecule has 4 aliphatic heterocycles. The van der Waals surface area contributed by atoms with E-state index in [4.69, 9.17) is 11.2 Å². The van der Waals surface area contributed by atoms with Crippen molar-refractivity contribution in [1.29, 1.82) is 0 Å². The lowest BCUT2D eigenvalue weighted by molar-refractivity contribution is -0.188. The van der Waals surface area contributed by atoms with E-state index < -0.39 is 65.9 Å². The van der Waals surface area contributed by atoms with Crippen molar-refractivity contribution in [3.05, 3.63) is 41.5 Å². The molecule has 10 nitrogen and oxygen atoms in total. The van der Waals surface area contributed by atoms with Crippen LogP contribution in [0.5, 0.6) is 11.8 Å². The second-order valence-corrected chi connectivity index (χ2v) is 18.1. The van der Waals surface area contributed by atoms with Gasteiger partial charge in [0.25, 0.3) is 0 Å². The highest BCUT2D eigenvalue weighted by molar-refractivity contribution is 7.70. The first-order valence-electron chi connectivity index (χ1n) is 17.5. The van der Waals surface area contributed by atoms with Gasteiger partial charge in [-0.1, -0.05) is 12.0 Å². The third kappa shape index (κ3) is 5.91. The Kier molecular flexibility index (Phi) is 8.57. The van der Waals surface area contributed by atoms with Crippen LogP contribution in [0.25, 0.3) is 32.9 Å². The summed E-state index contributed by atoms with van der Waals surface area (Å²) in [5.74, 6) is -1.84. The second-order valence-electron chi connectivity index (χ2n) is 15.0. The molecule has 1 amide bonds. The topological polar surface area (TPSA) is 112 Å². The molecule has 17 heteroatoms. The number of carbonyl (C=O) groups excluding carboxylic acids is 1. The summed E-state index contributed by atoms with van der Waals surface area (Å²) in [6.07, 6.45) is 1.78. The first kappa shape index (κ1) is 36.4. The number of halogens is 6. The number of hydrogen-bond acceptors (Lipinski definition) is 9. The Bertz CT molecular complexity index is 2320. The Hall–Kier alpha value is -4.61. The van der Waals surface area contributed by atoms with E-state index in [1.54, 1.807) is 4.90 Å². The fourth-order valence-corrected chi connectivity index (χ4v) is 10.0. The van der Waals surface area contributed by atoms with Gasteiger partial charge in [0.2, 0.25) is 0 Å². The van der Waals surface area contributed by atoms with E-state index in [2.05, 4.69) is 20.9 Å². The smallest absolute Gasteiger partial charge is 0.471 e. The van der Waals surface area contributed by atoms with Crippen LogP contribution in [0.2, 0.25) is 0 Å². The van der Waals surface area contributed by atoms with Crippen LogP contribution in [0.1, 0.15) is 37.7 Å². The number of fused-ring (bicyclic) bond motifs is 5. The highest BCUT2D eigenvalue weighted by Crippen LogP contribution is 2.46. The maximum atomic E-state index is 17.3. The summed E-state index contributed by atoms with van der Waals surface area (Å²) in [7, 11) is -3.51. The van der Waals surface area contributed by atoms with Crippen LogP contribution in [0.3, 0.4) is 0 Å². The van der Waals surface area contributed by atoms with Crippen molar-refractivity contribution in [2.75, 3.05) is 51.0 Å². The fourth-order valence-electron chi connectivity index (χ4n) is 8.93. The van der Waals surface area contributed by atoms with E-state index in [0.717, 1.165) is 23.5 Å². The molecule has 0 spiro atoms. The number of ether oxygens (including phenoxy) is 1. The summed E-state index contributed by atoms with van der Waals surface area (Å²) in [5, 5.41) is 11.0. The molecule has 4 aromatic rings. The number of rotatable bonds is 6. The highest BCUT2D eigenvalue weighted by atomic mass is 31.2. The predicted molar refractivity (Wildman–Crippen MR) is 189 cm³/mol. The van der Waals surface area contributed by atoms with Crippen molar-refractivity contribution in [2.45, 2.75) is 62.1 Å². The number of phenolic OH excluding ortho intramolecular Hbond substituents is 1. The number of alkyl halides is 4. The normalized spacial score (nSPS) is 24.4. The van der Waals surface area contributed by atoms with Gasteiger partial charge in [-0.2, -0.15) is 23.1 Å². The van der Waals surface area contributed by atoms with E-state index in [-0.39, 0.29) is 95.8 Å². The molecular weight excluding hydrogens is 737 g/mol. The highest BCUT2D eigenvalue weighted by Gasteiger charge is 2.53. The summed E-state index contributed by atoms with van der Waals surface area (Å²) < 4.78 is 108. The Morgan fingerprint density at radius 2 is 1.81 bits per heavy atom. The fraction of sp³-hybridized carbons (Fsp3) is 0.459. The van der Waals surface area contributed by atoms with E-state index in [1.165, 1.54) is 25.5 Å². The lowest BCUT2D eigenvalue weighted by atomic mass is 9.95. The Balaban J connectivity index is 1.34. The van der Waals surface area contributed by atoms with Gasteiger partial charge in [0.1, 0.15) is 54.0 Å². The number of piperazine rings is 1. The molecule has 1 N–H and O–H groups in total. The van der Waals surface area contributed by atoms with Crippen molar-refractivity contribution in [3.8, 4) is 35.4 Å². The molecule has 4 aliphatic rings. The number of pyridine rings is 1. The predicted octanol–water partition coefficient (Wildman–Crippen LogP) is 5.76. The lowest BCUT2D eigenvalue weighted by Gasteiger charge is -2.42. The van der Waals surface area contributed by atoms with Gasteiger partial charge in [-0.3, -0.25) is 9.69 Å². The van der Waals surface area contributed by atoms with Gasteiger partial charge in [0.15, 0.2) is 5.82 Å². The molecule has 2 aromatic carbocycles. The van der Waals surface area contributed by atoms with Crippen LogP contribution in [0.4, 0.5) is 32.2 Å². The van der Waals surface area contributed by atoms with Crippen LogP contribution in [0, 0.1) is 24.0 Å².